The summed E-state index contributed by atoms with van der Waals surface area (Å²) in [5.74, 6) is -1.32. The van der Waals surface area contributed by atoms with Crippen molar-refractivity contribution in [2.45, 2.75) is 26.7 Å². The number of carbonyl (C=O) groups excluding carboxylic acids is 2. The van der Waals surface area contributed by atoms with E-state index in [4.69, 9.17) is 0 Å². The maximum Gasteiger partial charge on any atom is 0.282 e. The Hall–Kier alpha value is -3.93. The summed E-state index contributed by atoms with van der Waals surface area (Å²) in [5.41, 5.74) is 5.41. The first-order valence-electron chi connectivity index (χ1n) is 11.5. The lowest BCUT2D eigenvalue weighted by Gasteiger charge is -2.18. The highest BCUT2D eigenvalue weighted by atomic mass is 19.1. The Morgan fingerprint density at radius 1 is 0.794 bits per heavy atom. The topological polar surface area (TPSA) is 52.7 Å². The van der Waals surface area contributed by atoms with E-state index in [9.17, 15) is 14.0 Å². The van der Waals surface area contributed by atoms with Crippen LogP contribution in [0, 0.1) is 19.7 Å². The number of amides is 2. The van der Waals surface area contributed by atoms with Crippen LogP contribution < -0.4 is 15.1 Å². The molecule has 3 aromatic carbocycles. The van der Waals surface area contributed by atoms with E-state index in [1.165, 1.54) is 37.1 Å². The number of hydrogen-bond acceptors (Lipinski definition) is 4. The summed E-state index contributed by atoms with van der Waals surface area (Å²) >= 11 is 0. The van der Waals surface area contributed by atoms with Crippen LogP contribution >= 0.6 is 0 Å². The molecule has 1 N–H and O–H groups in total. The lowest BCUT2D eigenvalue weighted by atomic mass is 9.97. The second kappa shape index (κ2) is 8.78. The van der Waals surface area contributed by atoms with Crippen molar-refractivity contribution in [1.82, 2.24) is 0 Å². The third-order valence-electron chi connectivity index (χ3n) is 6.43. The number of aryl methyl sites for hydroxylation is 2. The molecule has 0 bridgehead atoms. The molecule has 1 saturated heterocycles. The molecular formula is C28H26FN3O2. The zero-order valence-electron chi connectivity index (χ0n) is 19.3. The Morgan fingerprint density at radius 3 is 2.09 bits per heavy atom. The summed E-state index contributed by atoms with van der Waals surface area (Å²) in [5, 5.41) is 3.22. The fraction of sp³-hybridized carbons (Fsp3) is 0.214. The Bertz CT molecular complexity index is 1290. The first-order chi connectivity index (χ1) is 16.4. The lowest BCUT2D eigenvalue weighted by Crippen LogP contribution is -2.32. The van der Waals surface area contributed by atoms with E-state index in [0.29, 0.717) is 16.8 Å². The highest BCUT2D eigenvalue weighted by molar-refractivity contribution is 6.46. The van der Waals surface area contributed by atoms with E-state index in [0.717, 1.165) is 40.5 Å². The van der Waals surface area contributed by atoms with Crippen LogP contribution in [-0.2, 0) is 9.59 Å². The number of hydrogen-bond donors (Lipinski definition) is 1. The first-order valence-corrected chi connectivity index (χ1v) is 11.5. The van der Waals surface area contributed by atoms with Gasteiger partial charge in [0.1, 0.15) is 11.5 Å². The fourth-order valence-electron chi connectivity index (χ4n) is 4.69. The number of nitrogens with zero attached hydrogens (tertiary/aromatic N) is 2. The molecule has 1 fully saturated rings. The van der Waals surface area contributed by atoms with Crippen molar-refractivity contribution >= 4 is 34.4 Å². The number of anilines is 3. The molecule has 0 atom stereocenters. The smallest absolute Gasteiger partial charge is 0.282 e. The molecule has 2 aliphatic rings. The van der Waals surface area contributed by atoms with Crippen molar-refractivity contribution in [3.05, 3.63) is 94.9 Å². The Morgan fingerprint density at radius 2 is 1.44 bits per heavy atom. The minimum Gasteiger partial charge on any atom is -0.372 e. The van der Waals surface area contributed by atoms with Crippen LogP contribution in [0.1, 0.15) is 29.5 Å². The van der Waals surface area contributed by atoms with Crippen LogP contribution in [0.3, 0.4) is 0 Å². The van der Waals surface area contributed by atoms with Crippen LogP contribution in [-0.4, -0.2) is 24.9 Å². The van der Waals surface area contributed by atoms with Gasteiger partial charge in [0, 0.05) is 24.5 Å². The van der Waals surface area contributed by atoms with Gasteiger partial charge in [-0.2, -0.15) is 0 Å². The zero-order valence-corrected chi connectivity index (χ0v) is 19.3. The average molecular weight is 456 g/mol. The third-order valence-corrected chi connectivity index (χ3v) is 6.43. The van der Waals surface area contributed by atoms with Crippen molar-refractivity contribution in [1.29, 1.82) is 0 Å². The normalized spacial score (nSPS) is 16.1. The van der Waals surface area contributed by atoms with Gasteiger partial charge in [-0.15, -0.1) is 0 Å². The van der Waals surface area contributed by atoms with Crippen molar-refractivity contribution in [2.24, 2.45) is 0 Å². The van der Waals surface area contributed by atoms with Gasteiger partial charge >= 0.3 is 0 Å². The van der Waals surface area contributed by atoms with Gasteiger partial charge in [0.15, 0.2) is 0 Å². The molecule has 3 aromatic rings. The van der Waals surface area contributed by atoms with Crippen LogP contribution in [0.4, 0.5) is 21.5 Å². The molecule has 172 valence electrons. The largest absolute Gasteiger partial charge is 0.372 e. The predicted octanol–water partition coefficient (Wildman–Crippen LogP) is 5.44. The summed E-state index contributed by atoms with van der Waals surface area (Å²) in [4.78, 5) is 30.5. The van der Waals surface area contributed by atoms with Crippen molar-refractivity contribution in [3.8, 4) is 0 Å². The predicted molar refractivity (Wildman–Crippen MR) is 133 cm³/mol. The molecular weight excluding hydrogens is 429 g/mol. The highest BCUT2D eigenvalue weighted by Gasteiger charge is 2.40. The molecule has 0 unspecified atom stereocenters. The molecule has 0 aliphatic carbocycles. The summed E-state index contributed by atoms with van der Waals surface area (Å²) in [6.45, 7) is 6.01. The molecule has 2 amide bonds. The standard InChI is InChI=1S/C28H26FN3O2/c1-18-5-14-24(19(2)17-18)25-26(28(34)32(27(25)33)23-10-6-20(29)7-11-23)30-21-8-12-22(13-9-21)31-15-3-4-16-31/h5-14,17,30H,3-4,15-16H2,1-2H3. The molecule has 0 radical (unpaired) electrons. The van der Waals surface area contributed by atoms with Gasteiger partial charge in [-0.25, -0.2) is 9.29 Å². The summed E-state index contributed by atoms with van der Waals surface area (Å²) in [6.07, 6.45) is 2.39. The quantitative estimate of drug-likeness (QED) is 0.521. The average Bonchev–Trinajstić information content (AvgIpc) is 3.43. The second-order valence-electron chi connectivity index (χ2n) is 8.86. The molecule has 0 spiro atoms. The minimum absolute atomic E-state index is 0.218. The first kappa shape index (κ1) is 21.9. The maximum atomic E-state index is 13.6. The number of halogens is 1. The number of rotatable bonds is 5. The molecule has 6 heteroatoms. The zero-order chi connectivity index (χ0) is 23.8. The van der Waals surface area contributed by atoms with Crippen LogP contribution in [0.5, 0.6) is 0 Å². The Kier molecular flexibility index (Phi) is 5.65. The van der Waals surface area contributed by atoms with Gasteiger partial charge in [-0.1, -0.05) is 23.8 Å². The van der Waals surface area contributed by atoms with Crippen molar-refractivity contribution in [3.63, 3.8) is 0 Å². The molecule has 2 heterocycles. The van der Waals surface area contributed by atoms with E-state index in [1.54, 1.807) is 0 Å². The number of carbonyl (C=O) groups is 2. The van der Waals surface area contributed by atoms with Gasteiger partial charge in [0.05, 0.1) is 11.3 Å². The molecule has 5 rings (SSSR count). The molecule has 34 heavy (non-hydrogen) atoms. The number of benzene rings is 3. The molecule has 2 aliphatic heterocycles. The van der Waals surface area contributed by atoms with Crippen LogP contribution in [0.25, 0.3) is 5.57 Å². The monoisotopic (exact) mass is 455 g/mol. The SMILES string of the molecule is Cc1ccc(C2=C(Nc3ccc(N4CCCC4)cc3)C(=O)N(c3ccc(F)cc3)C2=O)c(C)c1. The molecule has 5 nitrogen and oxygen atoms in total. The summed E-state index contributed by atoms with van der Waals surface area (Å²) in [6, 6.07) is 19.1. The summed E-state index contributed by atoms with van der Waals surface area (Å²) in [7, 11) is 0. The fourth-order valence-corrected chi connectivity index (χ4v) is 4.69. The van der Waals surface area contributed by atoms with Gasteiger partial charge in [-0.05, 0) is 86.3 Å². The van der Waals surface area contributed by atoms with E-state index < -0.39 is 17.6 Å². The van der Waals surface area contributed by atoms with E-state index >= 15 is 0 Å². The lowest BCUT2D eigenvalue weighted by molar-refractivity contribution is -0.120. The Balaban J connectivity index is 1.54. The number of imide groups is 1. The van der Waals surface area contributed by atoms with Gasteiger partial charge in [0.2, 0.25) is 0 Å². The Labute approximate surface area is 198 Å². The van der Waals surface area contributed by atoms with Crippen molar-refractivity contribution in [2.75, 3.05) is 28.2 Å². The molecule has 0 aromatic heterocycles. The van der Waals surface area contributed by atoms with Gasteiger partial charge < -0.3 is 10.2 Å². The van der Waals surface area contributed by atoms with E-state index in [1.807, 2.05) is 56.3 Å². The van der Waals surface area contributed by atoms with Crippen LogP contribution in [0.15, 0.2) is 72.4 Å². The van der Waals surface area contributed by atoms with Gasteiger partial charge in [-0.3, -0.25) is 9.59 Å². The van der Waals surface area contributed by atoms with E-state index in [-0.39, 0.29) is 5.70 Å². The van der Waals surface area contributed by atoms with E-state index in [2.05, 4.69) is 10.2 Å². The molecule has 0 saturated carbocycles. The highest BCUT2D eigenvalue weighted by Crippen LogP contribution is 2.35. The number of nitrogens with one attached hydrogen (secondary N) is 1. The summed E-state index contributed by atoms with van der Waals surface area (Å²) < 4.78 is 13.5. The van der Waals surface area contributed by atoms with Crippen LogP contribution in [0.2, 0.25) is 0 Å². The third kappa shape index (κ3) is 3.96. The van der Waals surface area contributed by atoms with Crippen molar-refractivity contribution < 1.29 is 14.0 Å². The van der Waals surface area contributed by atoms with Gasteiger partial charge in [0.25, 0.3) is 11.8 Å². The minimum atomic E-state index is -0.463. The second-order valence-corrected chi connectivity index (χ2v) is 8.86. The maximum absolute atomic E-state index is 13.6.